The van der Waals surface area contributed by atoms with Crippen molar-refractivity contribution >= 4 is 22.2 Å². The Morgan fingerprint density at radius 1 is 1.47 bits per heavy atom. The van der Waals surface area contributed by atoms with Crippen molar-refractivity contribution in [3.63, 3.8) is 0 Å². The van der Waals surface area contributed by atoms with Crippen LogP contribution in [0.3, 0.4) is 0 Å². The molecule has 1 aliphatic rings. The van der Waals surface area contributed by atoms with E-state index in [1.54, 1.807) is 6.07 Å². The van der Waals surface area contributed by atoms with Gasteiger partial charge >= 0.3 is 0 Å². The van der Waals surface area contributed by atoms with Gasteiger partial charge in [0.25, 0.3) is 0 Å². The number of aliphatic hydroxyl groups is 1. The molecule has 0 atom stereocenters. The Morgan fingerprint density at radius 3 is 2.71 bits per heavy atom. The number of hydrogen-bond acceptors (Lipinski definition) is 4. The number of carbonyl (C=O) groups is 1. The summed E-state index contributed by atoms with van der Waals surface area (Å²) >= 11 is 3.41. The largest absolute Gasteiger partial charge is 0.453 e. The lowest BCUT2D eigenvalue weighted by molar-refractivity contribution is 0.111. The molecule has 1 aromatic rings. The highest BCUT2D eigenvalue weighted by Gasteiger charge is 2.33. The molecule has 0 saturated heterocycles. The van der Waals surface area contributed by atoms with Crippen LogP contribution in [0.5, 0.6) is 11.5 Å². The number of ether oxygens (including phenoxy) is 2. The lowest BCUT2D eigenvalue weighted by Crippen LogP contribution is -2.23. The molecular weight excluding hydrogens is 288 g/mol. The summed E-state index contributed by atoms with van der Waals surface area (Å²) in [6, 6.07) is 1.69. The fourth-order valence-corrected chi connectivity index (χ4v) is 2.82. The Morgan fingerprint density at radius 2 is 2.12 bits per heavy atom. The summed E-state index contributed by atoms with van der Waals surface area (Å²) in [6.45, 7) is 3.87. The lowest BCUT2D eigenvalue weighted by atomic mass is 9.84. The Bertz CT molecular complexity index is 468. The molecule has 0 unspecified atom stereocenters. The number of aldehydes is 1. The third kappa shape index (κ3) is 1.93. The molecule has 0 aliphatic carbocycles. The molecule has 0 amide bonds. The van der Waals surface area contributed by atoms with Gasteiger partial charge in [-0.25, -0.2) is 0 Å². The van der Waals surface area contributed by atoms with E-state index >= 15 is 0 Å². The predicted octanol–water partition coefficient (Wildman–Crippen LogP) is 2.26. The van der Waals surface area contributed by atoms with E-state index in [0.717, 1.165) is 16.3 Å². The van der Waals surface area contributed by atoms with Crippen molar-refractivity contribution in [3.8, 4) is 11.5 Å². The molecule has 0 aromatic heterocycles. The summed E-state index contributed by atoms with van der Waals surface area (Å²) in [5, 5.41) is 9.44. The van der Waals surface area contributed by atoms with Crippen LogP contribution in [0.15, 0.2) is 10.5 Å². The monoisotopic (exact) mass is 300 g/mol. The van der Waals surface area contributed by atoms with Crippen molar-refractivity contribution in [2.45, 2.75) is 19.3 Å². The second-order valence-corrected chi connectivity index (χ2v) is 5.40. The predicted molar refractivity (Wildman–Crippen MR) is 65.8 cm³/mol. The first-order chi connectivity index (χ1) is 8.01. The molecule has 0 saturated carbocycles. The number of hydrogen-bond donors (Lipinski definition) is 1. The third-order valence-electron chi connectivity index (χ3n) is 2.82. The first kappa shape index (κ1) is 12.4. The van der Waals surface area contributed by atoms with E-state index in [2.05, 4.69) is 15.9 Å². The average Bonchev–Trinajstić information content (AvgIpc) is 2.75. The van der Waals surface area contributed by atoms with Crippen molar-refractivity contribution in [3.05, 3.63) is 21.7 Å². The molecular formula is C12H13BrO4. The van der Waals surface area contributed by atoms with Gasteiger partial charge in [0, 0.05) is 15.5 Å². The molecule has 1 heterocycles. The van der Waals surface area contributed by atoms with E-state index in [-0.39, 0.29) is 13.4 Å². The van der Waals surface area contributed by atoms with Gasteiger partial charge in [0.2, 0.25) is 6.79 Å². The van der Waals surface area contributed by atoms with Gasteiger partial charge in [-0.1, -0.05) is 29.8 Å². The number of carbonyl (C=O) groups excluding carboxylic acids is 1. The smallest absolute Gasteiger partial charge is 0.231 e. The number of benzene rings is 1. The second kappa shape index (κ2) is 4.31. The molecule has 1 N–H and O–H groups in total. The van der Waals surface area contributed by atoms with Crippen molar-refractivity contribution < 1.29 is 19.4 Å². The summed E-state index contributed by atoms with van der Waals surface area (Å²) in [5.74, 6) is 1.00. The minimum Gasteiger partial charge on any atom is -0.453 e. The van der Waals surface area contributed by atoms with E-state index in [4.69, 9.17) is 9.47 Å². The highest BCUT2D eigenvalue weighted by atomic mass is 79.9. The van der Waals surface area contributed by atoms with Gasteiger partial charge in [0.15, 0.2) is 17.8 Å². The lowest BCUT2D eigenvalue weighted by Gasteiger charge is -2.25. The summed E-state index contributed by atoms with van der Waals surface area (Å²) in [7, 11) is 0. The van der Waals surface area contributed by atoms with Crippen LogP contribution in [0, 0.1) is 0 Å². The number of halogens is 1. The normalized spacial score (nSPS) is 13.9. The third-order valence-corrected chi connectivity index (χ3v) is 3.45. The van der Waals surface area contributed by atoms with Crippen LogP contribution in [-0.4, -0.2) is 24.8 Å². The zero-order valence-electron chi connectivity index (χ0n) is 9.62. The summed E-state index contributed by atoms with van der Waals surface area (Å²) in [5.41, 5.74) is 0.790. The number of fused-ring (bicyclic) bond motifs is 1. The quantitative estimate of drug-likeness (QED) is 0.870. The molecule has 0 radical (unpaired) electrons. The standard InChI is InChI=1S/C12H13BrO4/c1-12(2,5-15)9-8(13)3-7(4-14)10-11(9)17-6-16-10/h3-4,15H,5-6H2,1-2H3. The van der Waals surface area contributed by atoms with Crippen LogP contribution in [0.2, 0.25) is 0 Å². The first-order valence-corrected chi connectivity index (χ1v) is 5.99. The molecule has 0 spiro atoms. The maximum atomic E-state index is 10.9. The Labute approximate surface area is 108 Å². The van der Waals surface area contributed by atoms with Gasteiger partial charge < -0.3 is 14.6 Å². The Hall–Kier alpha value is -1.07. The summed E-state index contributed by atoms with van der Waals surface area (Å²) in [6.07, 6.45) is 0.730. The molecule has 5 heteroatoms. The molecule has 2 rings (SSSR count). The molecule has 17 heavy (non-hydrogen) atoms. The van der Waals surface area contributed by atoms with Crippen LogP contribution >= 0.6 is 15.9 Å². The number of aliphatic hydroxyl groups excluding tert-OH is 1. The fourth-order valence-electron chi connectivity index (χ4n) is 1.86. The summed E-state index contributed by atoms with van der Waals surface area (Å²) < 4.78 is 11.5. The van der Waals surface area contributed by atoms with Crippen molar-refractivity contribution in [1.29, 1.82) is 0 Å². The highest BCUT2D eigenvalue weighted by Crippen LogP contribution is 2.47. The molecule has 1 aliphatic heterocycles. The maximum absolute atomic E-state index is 10.9. The SMILES string of the molecule is CC(C)(CO)c1c(Br)cc(C=O)c2c1OCO2. The highest BCUT2D eigenvalue weighted by molar-refractivity contribution is 9.10. The maximum Gasteiger partial charge on any atom is 0.231 e. The molecule has 1 aromatic carbocycles. The second-order valence-electron chi connectivity index (χ2n) is 4.55. The van der Waals surface area contributed by atoms with Gasteiger partial charge in [-0.15, -0.1) is 0 Å². The van der Waals surface area contributed by atoms with E-state index in [0.29, 0.717) is 17.1 Å². The van der Waals surface area contributed by atoms with E-state index in [9.17, 15) is 9.90 Å². The Kier molecular flexibility index (Phi) is 3.14. The molecule has 92 valence electrons. The zero-order valence-corrected chi connectivity index (χ0v) is 11.2. The van der Waals surface area contributed by atoms with Crippen molar-refractivity contribution in [1.82, 2.24) is 0 Å². The summed E-state index contributed by atoms with van der Waals surface area (Å²) in [4.78, 5) is 10.9. The zero-order chi connectivity index (χ0) is 12.6. The molecule has 4 nitrogen and oxygen atoms in total. The van der Waals surface area contributed by atoms with Gasteiger partial charge in [0.05, 0.1) is 12.2 Å². The number of rotatable bonds is 3. The van der Waals surface area contributed by atoms with E-state index < -0.39 is 5.41 Å². The van der Waals surface area contributed by atoms with Crippen LogP contribution < -0.4 is 9.47 Å². The topological polar surface area (TPSA) is 55.8 Å². The average molecular weight is 301 g/mol. The van der Waals surface area contributed by atoms with Crippen LogP contribution in [0.4, 0.5) is 0 Å². The Balaban J connectivity index is 2.69. The van der Waals surface area contributed by atoms with Crippen molar-refractivity contribution in [2.75, 3.05) is 13.4 Å². The van der Waals surface area contributed by atoms with Crippen LogP contribution in [0.25, 0.3) is 0 Å². The van der Waals surface area contributed by atoms with Gasteiger partial charge in [-0.3, -0.25) is 4.79 Å². The van der Waals surface area contributed by atoms with E-state index in [1.165, 1.54) is 0 Å². The van der Waals surface area contributed by atoms with Crippen LogP contribution in [-0.2, 0) is 5.41 Å². The first-order valence-electron chi connectivity index (χ1n) is 5.20. The minimum absolute atomic E-state index is 0.0260. The van der Waals surface area contributed by atoms with E-state index in [1.807, 2.05) is 13.8 Å². The molecule has 0 bridgehead atoms. The fraction of sp³-hybridized carbons (Fsp3) is 0.417. The van der Waals surface area contributed by atoms with Gasteiger partial charge in [-0.2, -0.15) is 0 Å². The van der Waals surface area contributed by atoms with Crippen LogP contribution in [0.1, 0.15) is 29.8 Å². The van der Waals surface area contributed by atoms with Crippen molar-refractivity contribution in [2.24, 2.45) is 0 Å². The van der Waals surface area contributed by atoms with Gasteiger partial charge in [0.1, 0.15) is 0 Å². The van der Waals surface area contributed by atoms with Gasteiger partial charge in [-0.05, 0) is 6.07 Å². The molecule has 0 fully saturated rings. The minimum atomic E-state index is -0.474.